The van der Waals surface area contributed by atoms with Crippen LogP contribution in [0.5, 0.6) is 0 Å². The van der Waals surface area contributed by atoms with Crippen molar-refractivity contribution in [3.63, 3.8) is 0 Å². The topological polar surface area (TPSA) is 36.4 Å². The average molecular weight is 199 g/mol. The third-order valence-corrected chi connectivity index (χ3v) is 2.34. The van der Waals surface area contributed by atoms with Gasteiger partial charge in [-0.15, -0.1) is 0 Å². The first-order valence-corrected chi connectivity index (χ1v) is 4.63. The summed E-state index contributed by atoms with van der Waals surface area (Å²) < 4.78 is 0. The number of pyridine rings is 1. The zero-order valence-corrected chi connectivity index (χ0v) is 7.91. The number of aromatic nitrogens is 1. The Labute approximate surface area is 82.0 Å². The molecule has 0 aromatic carbocycles. The Kier molecular flexibility index (Phi) is 2.49. The molecular formula is C9H11ClN2O. The van der Waals surface area contributed by atoms with E-state index in [1.165, 1.54) is 0 Å². The molecule has 1 aromatic heterocycles. The number of likely N-dealkylation sites (tertiary alicyclic amines) is 1. The Morgan fingerprint density at radius 1 is 1.62 bits per heavy atom. The maximum Gasteiger partial charge on any atom is 0.129 e. The summed E-state index contributed by atoms with van der Waals surface area (Å²) in [5, 5.41) is 9.60. The van der Waals surface area contributed by atoms with E-state index in [2.05, 4.69) is 9.88 Å². The van der Waals surface area contributed by atoms with Crippen molar-refractivity contribution in [2.24, 2.45) is 0 Å². The smallest absolute Gasteiger partial charge is 0.129 e. The molecule has 1 N–H and O–H groups in total. The van der Waals surface area contributed by atoms with Gasteiger partial charge >= 0.3 is 0 Å². The fourth-order valence-electron chi connectivity index (χ4n) is 1.47. The van der Waals surface area contributed by atoms with Crippen molar-refractivity contribution in [3.05, 3.63) is 29.0 Å². The molecule has 1 fully saturated rings. The van der Waals surface area contributed by atoms with E-state index in [1.54, 1.807) is 6.20 Å². The molecule has 0 atom stereocenters. The predicted octanol–water partition coefficient (Wildman–Crippen LogP) is 0.911. The van der Waals surface area contributed by atoms with Gasteiger partial charge in [-0.25, -0.2) is 4.98 Å². The van der Waals surface area contributed by atoms with Crippen LogP contribution in [0, 0.1) is 0 Å². The third kappa shape index (κ3) is 2.18. The molecule has 1 aliphatic heterocycles. The van der Waals surface area contributed by atoms with Crippen molar-refractivity contribution < 1.29 is 5.11 Å². The van der Waals surface area contributed by atoms with Crippen LogP contribution in [0.15, 0.2) is 18.3 Å². The minimum atomic E-state index is -0.141. The van der Waals surface area contributed by atoms with E-state index in [0.717, 1.165) is 25.2 Å². The quantitative estimate of drug-likeness (QED) is 0.718. The number of β-amino-alcohol motifs (C(OH)–C–C–N with tert-alkyl or cyclic N) is 1. The highest BCUT2D eigenvalue weighted by molar-refractivity contribution is 6.29. The van der Waals surface area contributed by atoms with Gasteiger partial charge in [0.05, 0.1) is 6.10 Å². The molecular weight excluding hydrogens is 188 g/mol. The summed E-state index contributed by atoms with van der Waals surface area (Å²) in [5.41, 5.74) is 1.15. The van der Waals surface area contributed by atoms with Gasteiger partial charge in [-0.1, -0.05) is 11.6 Å². The van der Waals surface area contributed by atoms with E-state index >= 15 is 0 Å². The van der Waals surface area contributed by atoms with Crippen LogP contribution < -0.4 is 0 Å². The normalized spacial score (nSPS) is 18.6. The zero-order chi connectivity index (χ0) is 9.26. The molecule has 0 unspecified atom stereocenters. The van der Waals surface area contributed by atoms with Gasteiger partial charge in [0.2, 0.25) is 0 Å². The molecule has 2 heterocycles. The second-order valence-corrected chi connectivity index (χ2v) is 3.72. The molecule has 1 aromatic rings. The van der Waals surface area contributed by atoms with Gasteiger partial charge in [0.1, 0.15) is 5.15 Å². The zero-order valence-electron chi connectivity index (χ0n) is 7.15. The lowest BCUT2D eigenvalue weighted by Crippen LogP contribution is -2.49. The van der Waals surface area contributed by atoms with Crippen LogP contribution in [0.25, 0.3) is 0 Å². The van der Waals surface area contributed by atoms with Gasteiger partial charge in [0.15, 0.2) is 0 Å². The Morgan fingerprint density at radius 2 is 2.38 bits per heavy atom. The Balaban J connectivity index is 1.94. The van der Waals surface area contributed by atoms with Crippen molar-refractivity contribution in [1.29, 1.82) is 0 Å². The summed E-state index contributed by atoms with van der Waals surface area (Å²) in [6.07, 6.45) is 1.56. The van der Waals surface area contributed by atoms with Crippen LogP contribution in [-0.4, -0.2) is 34.2 Å². The fourth-order valence-corrected chi connectivity index (χ4v) is 1.67. The fraction of sp³-hybridized carbons (Fsp3) is 0.444. The van der Waals surface area contributed by atoms with E-state index in [1.807, 2.05) is 12.1 Å². The van der Waals surface area contributed by atoms with E-state index < -0.39 is 0 Å². The van der Waals surface area contributed by atoms with Crippen LogP contribution in [-0.2, 0) is 6.54 Å². The molecule has 0 radical (unpaired) electrons. The first-order chi connectivity index (χ1) is 6.24. The van der Waals surface area contributed by atoms with E-state index in [9.17, 15) is 0 Å². The minimum Gasteiger partial charge on any atom is -0.390 e. The molecule has 1 aliphatic rings. The maximum absolute atomic E-state index is 9.07. The Morgan fingerprint density at radius 3 is 3.00 bits per heavy atom. The van der Waals surface area contributed by atoms with Crippen LogP contribution in [0.1, 0.15) is 5.56 Å². The highest BCUT2D eigenvalue weighted by atomic mass is 35.5. The lowest BCUT2D eigenvalue weighted by Gasteiger charge is -2.35. The van der Waals surface area contributed by atoms with Gasteiger partial charge in [0.25, 0.3) is 0 Å². The van der Waals surface area contributed by atoms with Crippen molar-refractivity contribution in [2.45, 2.75) is 12.6 Å². The van der Waals surface area contributed by atoms with Crippen molar-refractivity contribution in [2.75, 3.05) is 13.1 Å². The molecule has 2 rings (SSSR count). The Bertz CT molecular complexity index is 299. The molecule has 0 aliphatic carbocycles. The van der Waals surface area contributed by atoms with Gasteiger partial charge < -0.3 is 5.11 Å². The summed E-state index contributed by atoms with van der Waals surface area (Å²) in [7, 11) is 0. The van der Waals surface area contributed by atoms with Crippen molar-refractivity contribution in [1.82, 2.24) is 9.88 Å². The molecule has 13 heavy (non-hydrogen) atoms. The Hall–Kier alpha value is -0.640. The molecule has 4 heteroatoms. The first-order valence-electron chi connectivity index (χ1n) is 4.25. The minimum absolute atomic E-state index is 0.141. The van der Waals surface area contributed by atoms with Gasteiger partial charge in [-0.05, 0) is 17.7 Å². The predicted molar refractivity (Wildman–Crippen MR) is 50.5 cm³/mol. The second kappa shape index (κ2) is 3.62. The lowest BCUT2D eigenvalue weighted by atomic mass is 10.1. The summed E-state index contributed by atoms with van der Waals surface area (Å²) in [6.45, 7) is 2.37. The van der Waals surface area contributed by atoms with Crippen LogP contribution in [0.2, 0.25) is 5.15 Å². The number of aliphatic hydroxyl groups is 1. The largest absolute Gasteiger partial charge is 0.390 e. The average Bonchev–Trinajstić information content (AvgIpc) is 2.01. The maximum atomic E-state index is 9.07. The number of aliphatic hydroxyl groups excluding tert-OH is 1. The van der Waals surface area contributed by atoms with Crippen LogP contribution in [0.4, 0.5) is 0 Å². The van der Waals surface area contributed by atoms with Gasteiger partial charge in [-0.3, -0.25) is 4.90 Å². The second-order valence-electron chi connectivity index (χ2n) is 3.33. The number of rotatable bonds is 2. The molecule has 70 valence electrons. The van der Waals surface area contributed by atoms with Crippen molar-refractivity contribution in [3.8, 4) is 0 Å². The lowest BCUT2D eigenvalue weighted by molar-refractivity contribution is -0.00287. The molecule has 0 saturated carbocycles. The van der Waals surface area contributed by atoms with Crippen LogP contribution in [0.3, 0.4) is 0 Å². The van der Waals surface area contributed by atoms with E-state index in [0.29, 0.717) is 5.15 Å². The summed E-state index contributed by atoms with van der Waals surface area (Å²) in [5.74, 6) is 0. The van der Waals surface area contributed by atoms with Crippen molar-refractivity contribution >= 4 is 11.6 Å². The standard InChI is InChI=1S/C9H11ClN2O/c10-9-3-7(1-2-11-9)4-12-5-8(13)6-12/h1-3,8,13H,4-6H2. The number of nitrogens with zero attached hydrogens (tertiary/aromatic N) is 2. The summed E-state index contributed by atoms with van der Waals surface area (Å²) in [4.78, 5) is 6.07. The SMILES string of the molecule is OC1CN(Cc2ccnc(Cl)c2)C1. The summed E-state index contributed by atoms with van der Waals surface area (Å²) in [6, 6.07) is 3.79. The van der Waals surface area contributed by atoms with E-state index in [-0.39, 0.29) is 6.10 Å². The number of hydrogen-bond acceptors (Lipinski definition) is 3. The van der Waals surface area contributed by atoms with E-state index in [4.69, 9.17) is 16.7 Å². The highest BCUT2D eigenvalue weighted by Gasteiger charge is 2.23. The molecule has 1 saturated heterocycles. The molecule has 3 nitrogen and oxygen atoms in total. The molecule has 0 amide bonds. The number of halogens is 1. The third-order valence-electron chi connectivity index (χ3n) is 2.14. The highest BCUT2D eigenvalue weighted by Crippen LogP contribution is 2.14. The van der Waals surface area contributed by atoms with Gasteiger partial charge in [-0.2, -0.15) is 0 Å². The first kappa shape index (κ1) is 8.94. The number of hydrogen-bond donors (Lipinski definition) is 1. The molecule has 0 bridgehead atoms. The summed E-state index contributed by atoms with van der Waals surface area (Å²) >= 11 is 5.74. The van der Waals surface area contributed by atoms with Crippen LogP contribution >= 0.6 is 11.6 Å². The van der Waals surface area contributed by atoms with Gasteiger partial charge in [0, 0.05) is 25.8 Å². The molecule has 0 spiro atoms. The monoisotopic (exact) mass is 198 g/mol.